The summed E-state index contributed by atoms with van der Waals surface area (Å²) in [6.07, 6.45) is 4.55. The van der Waals surface area contributed by atoms with E-state index >= 15 is 8.78 Å². The minimum absolute atomic E-state index is 0.0522. The van der Waals surface area contributed by atoms with Crippen LogP contribution in [0.15, 0.2) is 36.4 Å². The Labute approximate surface area is 216 Å². The summed E-state index contributed by atoms with van der Waals surface area (Å²) >= 11 is 0. The first kappa shape index (κ1) is 24.8. The number of alkyl halides is 1. The fourth-order valence-electron chi connectivity index (χ4n) is 6.37. The van der Waals surface area contributed by atoms with E-state index in [1.54, 1.807) is 0 Å². The number of para-hydroxylation sites is 1. The molecule has 1 N–H and O–H groups in total. The van der Waals surface area contributed by atoms with Gasteiger partial charge in [0.2, 0.25) is 0 Å². The van der Waals surface area contributed by atoms with Crippen LogP contribution in [0.1, 0.15) is 62.9 Å². The molecule has 2 aromatic carbocycles. The first-order chi connectivity index (χ1) is 17.7. The van der Waals surface area contributed by atoms with Crippen molar-refractivity contribution in [3.63, 3.8) is 0 Å². The second-order valence-corrected chi connectivity index (χ2v) is 12.0. The number of benzene rings is 2. The number of nitrogens with one attached hydrogen (secondary N) is 1. The van der Waals surface area contributed by atoms with E-state index in [4.69, 9.17) is 4.74 Å². The molecule has 6 rings (SSSR count). The number of ether oxygens (including phenoxy) is 1. The molecular formula is C30H36F3N3O. The molecule has 0 unspecified atom stereocenters. The van der Waals surface area contributed by atoms with E-state index < -0.39 is 23.3 Å². The summed E-state index contributed by atoms with van der Waals surface area (Å²) in [4.78, 5) is 7.66. The van der Waals surface area contributed by atoms with Crippen LogP contribution in [0.25, 0.3) is 10.9 Å². The number of likely N-dealkylation sites (tertiary alicyclic amines) is 1. The number of hydrogen-bond donors (Lipinski definition) is 1. The van der Waals surface area contributed by atoms with E-state index in [1.165, 1.54) is 45.2 Å². The number of hydrogen-bond acceptors (Lipinski definition) is 3. The Bertz CT molecular complexity index is 1270. The maximum atomic E-state index is 15.8. The highest BCUT2D eigenvalue weighted by atomic mass is 19.1. The van der Waals surface area contributed by atoms with Crippen molar-refractivity contribution in [1.29, 1.82) is 0 Å². The largest absolute Gasteiger partial charge is 0.488 e. The first-order valence-corrected chi connectivity index (χ1v) is 13.6. The molecule has 2 aliphatic heterocycles. The van der Waals surface area contributed by atoms with Crippen LogP contribution in [-0.4, -0.2) is 58.8 Å². The number of nitrogens with zero attached hydrogens (tertiary/aromatic N) is 2. The van der Waals surface area contributed by atoms with Gasteiger partial charge in [0.15, 0.2) is 0 Å². The van der Waals surface area contributed by atoms with Gasteiger partial charge in [0.25, 0.3) is 0 Å². The number of fused-ring (bicyclic) bond motifs is 3. The lowest BCUT2D eigenvalue weighted by molar-refractivity contribution is 0.00167. The van der Waals surface area contributed by atoms with Crippen LogP contribution in [0.3, 0.4) is 0 Å². The minimum Gasteiger partial charge on any atom is -0.488 e. The first-order valence-electron chi connectivity index (χ1n) is 13.6. The van der Waals surface area contributed by atoms with Crippen LogP contribution < -0.4 is 4.74 Å². The zero-order valence-electron chi connectivity index (χ0n) is 21.9. The predicted octanol–water partition coefficient (Wildman–Crippen LogP) is 6.39. The van der Waals surface area contributed by atoms with E-state index in [0.717, 1.165) is 47.7 Å². The van der Waals surface area contributed by atoms with Crippen LogP contribution in [0.5, 0.6) is 5.75 Å². The van der Waals surface area contributed by atoms with Crippen molar-refractivity contribution in [2.75, 3.05) is 26.2 Å². The van der Waals surface area contributed by atoms with Gasteiger partial charge in [-0.2, -0.15) is 0 Å². The van der Waals surface area contributed by atoms with Gasteiger partial charge in [-0.25, -0.2) is 13.2 Å². The highest BCUT2D eigenvalue weighted by Crippen LogP contribution is 2.44. The quantitative estimate of drug-likeness (QED) is 0.399. The Balaban J connectivity index is 1.31. The molecular weight excluding hydrogens is 475 g/mol. The average Bonchev–Trinajstić information content (AvgIpc) is 3.12. The molecule has 0 bridgehead atoms. The van der Waals surface area contributed by atoms with Crippen molar-refractivity contribution in [2.24, 2.45) is 5.92 Å². The third-order valence-corrected chi connectivity index (χ3v) is 8.37. The molecule has 37 heavy (non-hydrogen) atoms. The van der Waals surface area contributed by atoms with Gasteiger partial charge in [-0.15, -0.1) is 0 Å². The molecule has 0 amide bonds. The predicted molar refractivity (Wildman–Crippen MR) is 140 cm³/mol. The van der Waals surface area contributed by atoms with Crippen LogP contribution in [0.2, 0.25) is 0 Å². The Kier molecular flexibility index (Phi) is 6.27. The van der Waals surface area contributed by atoms with Crippen molar-refractivity contribution in [2.45, 2.75) is 70.3 Å². The lowest BCUT2D eigenvalue weighted by Crippen LogP contribution is -2.55. The normalized spacial score (nSPS) is 23.6. The van der Waals surface area contributed by atoms with Crippen molar-refractivity contribution >= 4 is 10.9 Å². The Morgan fingerprint density at radius 2 is 1.78 bits per heavy atom. The monoisotopic (exact) mass is 511 g/mol. The third kappa shape index (κ3) is 4.76. The van der Waals surface area contributed by atoms with Crippen LogP contribution in [0.4, 0.5) is 13.2 Å². The maximum absolute atomic E-state index is 15.8. The van der Waals surface area contributed by atoms with Gasteiger partial charge in [0, 0.05) is 66.5 Å². The summed E-state index contributed by atoms with van der Waals surface area (Å²) in [6, 6.07) is 9.63. The second kappa shape index (κ2) is 9.35. The molecule has 3 aliphatic rings. The SMILES string of the molecule is C[C@@H]1Cc2c([nH]c3ccccc23)[C@@H](c2c(F)cc(OC3CN(CC4CCC4)C3)cc2F)N1CC(C)(C)F. The highest BCUT2D eigenvalue weighted by Gasteiger charge is 2.41. The number of aromatic amines is 1. The fraction of sp³-hybridized carbons (Fsp3) is 0.533. The molecule has 2 atom stereocenters. The van der Waals surface area contributed by atoms with Gasteiger partial charge >= 0.3 is 0 Å². The summed E-state index contributed by atoms with van der Waals surface area (Å²) in [6.45, 7) is 7.75. The summed E-state index contributed by atoms with van der Waals surface area (Å²) in [5.41, 5.74) is 1.11. The summed E-state index contributed by atoms with van der Waals surface area (Å²) in [7, 11) is 0. The Morgan fingerprint density at radius 3 is 2.43 bits per heavy atom. The van der Waals surface area contributed by atoms with E-state index in [0.29, 0.717) is 6.42 Å². The maximum Gasteiger partial charge on any atom is 0.135 e. The van der Waals surface area contributed by atoms with E-state index in [2.05, 4.69) is 9.88 Å². The molecule has 0 spiro atoms. The van der Waals surface area contributed by atoms with Crippen molar-refractivity contribution < 1.29 is 17.9 Å². The second-order valence-electron chi connectivity index (χ2n) is 12.0. The zero-order valence-corrected chi connectivity index (χ0v) is 21.9. The lowest BCUT2D eigenvalue weighted by atomic mass is 9.84. The van der Waals surface area contributed by atoms with Crippen molar-refractivity contribution in [3.8, 4) is 5.75 Å². The molecule has 1 saturated carbocycles. The molecule has 1 saturated heterocycles. The zero-order chi connectivity index (χ0) is 25.9. The lowest BCUT2D eigenvalue weighted by Gasteiger charge is -2.43. The molecule has 7 heteroatoms. The van der Waals surface area contributed by atoms with Crippen LogP contribution in [-0.2, 0) is 6.42 Å². The number of rotatable bonds is 7. The van der Waals surface area contributed by atoms with Gasteiger partial charge in [-0.05, 0) is 57.6 Å². The molecule has 4 nitrogen and oxygen atoms in total. The standard InChI is InChI=1S/C30H36F3N3O/c1-18-11-23-22-9-4-5-10-26(22)34-28(23)29(36(18)17-30(2,3)33)27-24(31)12-20(13-25(27)32)37-21-15-35(16-21)14-19-7-6-8-19/h4-5,9-10,12-13,18-19,21,29,34H,6-8,11,14-17H2,1-3H3/t18-,29-/m1/s1. The minimum atomic E-state index is -1.53. The van der Waals surface area contributed by atoms with E-state index in [1.807, 2.05) is 36.1 Å². The Morgan fingerprint density at radius 1 is 1.08 bits per heavy atom. The van der Waals surface area contributed by atoms with Crippen LogP contribution in [0, 0.1) is 17.6 Å². The summed E-state index contributed by atoms with van der Waals surface area (Å²) < 4.78 is 52.5. The van der Waals surface area contributed by atoms with Crippen molar-refractivity contribution in [1.82, 2.24) is 14.8 Å². The Hall–Kier alpha value is -2.51. The van der Waals surface area contributed by atoms with Gasteiger partial charge < -0.3 is 9.72 Å². The topological polar surface area (TPSA) is 31.5 Å². The van der Waals surface area contributed by atoms with Gasteiger partial charge in [-0.1, -0.05) is 24.6 Å². The van der Waals surface area contributed by atoms with Gasteiger partial charge in [0.1, 0.15) is 29.2 Å². The number of halogens is 3. The average molecular weight is 512 g/mol. The van der Waals surface area contributed by atoms with E-state index in [-0.39, 0.29) is 30.0 Å². The van der Waals surface area contributed by atoms with Gasteiger partial charge in [-0.3, -0.25) is 9.80 Å². The molecule has 2 fully saturated rings. The van der Waals surface area contributed by atoms with E-state index in [9.17, 15) is 4.39 Å². The summed E-state index contributed by atoms with van der Waals surface area (Å²) in [5, 5.41) is 1.05. The summed E-state index contributed by atoms with van der Waals surface area (Å²) in [5.74, 6) is -0.318. The number of aromatic nitrogens is 1. The van der Waals surface area contributed by atoms with Crippen molar-refractivity contribution in [3.05, 3.63) is 64.9 Å². The molecule has 198 valence electrons. The molecule has 1 aromatic heterocycles. The molecule has 3 heterocycles. The van der Waals surface area contributed by atoms with Crippen LogP contribution >= 0.6 is 0 Å². The molecule has 3 aromatic rings. The molecule has 0 radical (unpaired) electrons. The van der Waals surface area contributed by atoms with Gasteiger partial charge in [0.05, 0.1) is 6.04 Å². The third-order valence-electron chi connectivity index (χ3n) is 8.37. The smallest absolute Gasteiger partial charge is 0.135 e. The molecule has 1 aliphatic carbocycles. The fourth-order valence-corrected chi connectivity index (χ4v) is 6.37. The number of H-pyrrole nitrogens is 1. The highest BCUT2D eigenvalue weighted by molar-refractivity contribution is 5.85.